The molecule has 156 valence electrons. The van der Waals surface area contributed by atoms with Crippen molar-refractivity contribution in [2.45, 2.75) is 9.79 Å². The van der Waals surface area contributed by atoms with Crippen LogP contribution in [0, 0.1) is 30.3 Å². The summed E-state index contributed by atoms with van der Waals surface area (Å²) >= 11 is 1.35. The fourth-order valence-electron chi connectivity index (χ4n) is 2.55. The standard InChI is InChI=1S/C19H12N4O7S/c24-19(17-10-5-14(22(27)28)11-18(17)23(29)30)20-12-1-6-15(7-2-12)31-16-8-3-13(4-9-16)21(25)26/h1-11H,(H,20,24). The normalized spacial score (nSPS) is 10.3. The number of carbonyl (C=O) groups excluding carboxylic acids is 1. The van der Waals surface area contributed by atoms with Crippen LogP contribution in [-0.4, -0.2) is 20.7 Å². The van der Waals surface area contributed by atoms with Crippen LogP contribution in [0.4, 0.5) is 22.7 Å². The molecule has 3 rings (SSSR count). The molecule has 0 saturated carbocycles. The minimum Gasteiger partial charge on any atom is -0.322 e. The van der Waals surface area contributed by atoms with E-state index in [0.717, 1.165) is 28.0 Å². The summed E-state index contributed by atoms with van der Waals surface area (Å²) in [6.07, 6.45) is 0. The second kappa shape index (κ2) is 9.00. The Morgan fingerprint density at radius 1 is 0.710 bits per heavy atom. The summed E-state index contributed by atoms with van der Waals surface area (Å²) in [5.41, 5.74) is -1.11. The van der Waals surface area contributed by atoms with Crippen molar-refractivity contribution in [1.29, 1.82) is 0 Å². The second-order valence-corrected chi connectivity index (χ2v) is 7.19. The van der Waals surface area contributed by atoms with Crippen molar-refractivity contribution < 1.29 is 19.6 Å². The number of anilines is 1. The van der Waals surface area contributed by atoms with Gasteiger partial charge >= 0.3 is 0 Å². The molecular formula is C19H12N4O7S. The van der Waals surface area contributed by atoms with E-state index in [0.29, 0.717) is 5.69 Å². The molecule has 0 atom stereocenters. The highest BCUT2D eigenvalue weighted by molar-refractivity contribution is 7.99. The second-order valence-electron chi connectivity index (χ2n) is 6.05. The molecule has 0 aliphatic rings. The number of hydrogen-bond donors (Lipinski definition) is 1. The molecule has 0 saturated heterocycles. The molecule has 0 spiro atoms. The van der Waals surface area contributed by atoms with Gasteiger partial charge in [0.15, 0.2) is 0 Å². The van der Waals surface area contributed by atoms with Gasteiger partial charge in [-0.2, -0.15) is 0 Å². The number of amides is 1. The van der Waals surface area contributed by atoms with Crippen LogP contribution >= 0.6 is 11.8 Å². The molecule has 0 bridgehead atoms. The molecule has 0 aliphatic carbocycles. The molecule has 1 amide bonds. The Labute approximate surface area is 178 Å². The zero-order chi connectivity index (χ0) is 22.5. The topological polar surface area (TPSA) is 159 Å². The van der Waals surface area contributed by atoms with E-state index in [2.05, 4.69) is 5.32 Å². The molecule has 0 heterocycles. The predicted octanol–water partition coefficient (Wildman–Crippen LogP) is 4.81. The van der Waals surface area contributed by atoms with Crippen LogP contribution in [0.1, 0.15) is 10.4 Å². The molecule has 0 radical (unpaired) electrons. The third-order valence-corrected chi connectivity index (χ3v) is 5.04. The van der Waals surface area contributed by atoms with Crippen molar-refractivity contribution >= 4 is 40.4 Å². The zero-order valence-corrected chi connectivity index (χ0v) is 16.3. The number of hydrogen-bond acceptors (Lipinski definition) is 8. The molecule has 0 fully saturated rings. The number of rotatable bonds is 7. The Bertz CT molecular complexity index is 1180. The molecule has 1 N–H and O–H groups in total. The third kappa shape index (κ3) is 5.19. The fraction of sp³-hybridized carbons (Fsp3) is 0. The largest absolute Gasteiger partial charge is 0.322 e. The van der Waals surface area contributed by atoms with Crippen LogP contribution in [0.15, 0.2) is 76.5 Å². The quantitative estimate of drug-likeness (QED) is 0.404. The third-order valence-electron chi connectivity index (χ3n) is 4.03. The van der Waals surface area contributed by atoms with Crippen LogP contribution in [0.25, 0.3) is 0 Å². The van der Waals surface area contributed by atoms with Crippen LogP contribution < -0.4 is 5.32 Å². The lowest BCUT2D eigenvalue weighted by Crippen LogP contribution is -2.14. The lowest BCUT2D eigenvalue weighted by molar-refractivity contribution is -0.394. The Morgan fingerprint density at radius 3 is 1.74 bits per heavy atom. The number of nitrogens with zero attached hydrogens (tertiary/aromatic N) is 3. The average molecular weight is 440 g/mol. The van der Waals surface area contributed by atoms with Gasteiger partial charge in [0, 0.05) is 33.7 Å². The van der Waals surface area contributed by atoms with E-state index in [9.17, 15) is 35.1 Å². The summed E-state index contributed by atoms with van der Waals surface area (Å²) in [4.78, 5) is 44.6. The van der Waals surface area contributed by atoms with Crippen molar-refractivity contribution in [1.82, 2.24) is 0 Å². The molecular weight excluding hydrogens is 428 g/mol. The zero-order valence-electron chi connectivity index (χ0n) is 15.5. The summed E-state index contributed by atoms with van der Waals surface area (Å²) in [5, 5.41) is 35.2. The van der Waals surface area contributed by atoms with Gasteiger partial charge in [-0.1, -0.05) is 11.8 Å². The van der Waals surface area contributed by atoms with E-state index in [1.807, 2.05) is 0 Å². The van der Waals surface area contributed by atoms with Gasteiger partial charge in [-0.15, -0.1) is 0 Å². The van der Waals surface area contributed by atoms with Gasteiger partial charge in [-0.3, -0.25) is 35.1 Å². The number of benzene rings is 3. The first-order valence-corrected chi connectivity index (χ1v) is 9.33. The lowest BCUT2D eigenvalue weighted by Gasteiger charge is -2.07. The van der Waals surface area contributed by atoms with Crippen molar-refractivity contribution in [2.24, 2.45) is 0 Å². The molecule has 0 aromatic heterocycles. The highest BCUT2D eigenvalue weighted by Crippen LogP contribution is 2.30. The maximum atomic E-state index is 12.4. The first-order valence-electron chi connectivity index (χ1n) is 8.51. The average Bonchev–Trinajstić information content (AvgIpc) is 2.75. The Balaban J connectivity index is 1.72. The van der Waals surface area contributed by atoms with E-state index in [4.69, 9.17) is 0 Å². The van der Waals surface area contributed by atoms with E-state index in [-0.39, 0.29) is 11.3 Å². The monoisotopic (exact) mass is 440 g/mol. The smallest absolute Gasteiger partial charge is 0.289 e. The predicted molar refractivity (Wildman–Crippen MR) is 111 cm³/mol. The minimum absolute atomic E-state index is 0.0113. The Morgan fingerprint density at radius 2 is 1.23 bits per heavy atom. The maximum Gasteiger partial charge on any atom is 0.289 e. The first kappa shape index (κ1) is 21.4. The number of non-ortho nitro benzene ring substituents is 2. The van der Waals surface area contributed by atoms with Crippen LogP contribution in [0.3, 0.4) is 0 Å². The SMILES string of the molecule is O=C(Nc1ccc(Sc2ccc([N+](=O)[O-])cc2)cc1)c1ccc([N+](=O)[O-])cc1[N+](=O)[O-]. The first-order chi connectivity index (χ1) is 14.7. The summed E-state index contributed by atoms with van der Waals surface area (Å²) in [7, 11) is 0. The Hall–Kier alpha value is -4.32. The van der Waals surface area contributed by atoms with Crippen molar-refractivity contribution in [3.63, 3.8) is 0 Å². The molecule has 0 unspecified atom stereocenters. The summed E-state index contributed by atoms with van der Waals surface area (Å²) < 4.78 is 0. The van der Waals surface area contributed by atoms with Crippen molar-refractivity contribution in [3.8, 4) is 0 Å². The maximum absolute atomic E-state index is 12.4. The van der Waals surface area contributed by atoms with Gasteiger partial charge in [0.05, 0.1) is 20.8 Å². The van der Waals surface area contributed by atoms with Gasteiger partial charge in [0.2, 0.25) is 0 Å². The number of carbonyl (C=O) groups is 1. The van der Waals surface area contributed by atoms with E-state index in [1.165, 1.54) is 23.9 Å². The molecule has 31 heavy (non-hydrogen) atoms. The summed E-state index contributed by atoms with van der Waals surface area (Å²) in [6.45, 7) is 0. The molecule has 3 aromatic rings. The van der Waals surface area contributed by atoms with Gasteiger partial charge in [-0.25, -0.2) is 0 Å². The number of nitrogens with one attached hydrogen (secondary N) is 1. The van der Waals surface area contributed by atoms with Gasteiger partial charge in [-0.05, 0) is 42.5 Å². The van der Waals surface area contributed by atoms with E-state index < -0.39 is 32.1 Å². The number of nitro benzene ring substituents is 3. The van der Waals surface area contributed by atoms with Crippen LogP contribution in [-0.2, 0) is 0 Å². The summed E-state index contributed by atoms with van der Waals surface area (Å²) in [6, 6.07) is 15.4. The molecule has 11 nitrogen and oxygen atoms in total. The molecule has 12 heteroatoms. The fourth-order valence-corrected chi connectivity index (χ4v) is 3.37. The van der Waals surface area contributed by atoms with Gasteiger partial charge < -0.3 is 5.32 Å². The highest BCUT2D eigenvalue weighted by Gasteiger charge is 2.24. The highest BCUT2D eigenvalue weighted by atomic mass is 32.2. The van der Waals surface area contributed by atoms with Gasteiger partial charge in [0.25, 0.3) is 23.0 Å². The van der Waals surface area contributed by atoms with Crippen molar-refractivity contribution in [3.05, 3.63) is 103 Å². The van der Waals surface area contributed by atoms with Gasteiger partial charge in [0.1, 0.15) is 5.56 Å². The summed E-state index contributed by atoms with van der Waals surface area (Å²) in [5.74, 6) is -0.780. The molecule has 0 aliphatic heterocycles. The minimum atomic E-state index is -0.855. The molecule has 3 aromatic carbocycles. The van der Waals surface area contributed by atoms with Crippen LogP contribution in [0.2, 0.25) is 0 Å². The number of nitro groups is 3. The van der Waals surface area contributed by atoms with E-state index in [1.54, 1.807) is 36.4 Å². The van der Waals surface area contributed by atoms with Crippen LogP contribution in [0.5, 0.6) is 0 Å². The lowest BCUT2D eigenvalue weighted by atomic mass is 10.1. The van der Waals surface area contributed by atoms with Crippen molar-refractivity contribution in [2.75, 3.05) is 5.32 Å². The Kier molecular flexibility index (Phi) is 6.21. The van der Waals surface area contributed by atoms with E-state index >= 15 is 0 Å².